The number of nitrogens with one attached hydrogen (secondary N) is 2. The van der Waals surface area contributed by atoms with E-state index in [1.807, 2.05) is 6.07 Å². The first kappa shape index (κ1) is 16.2. The van der Waals surface area contributed by atoms with Crippen LogP contribution in [0.3, 0.4) is 0 Å². The van der Waals surface area contributed by atoms with Gasteiger partial charge in [0.2, 0.25) is 5.95 Å². The Kier molecular flexibility index (Phi) is 5.20. The largest absolute Gasteiger partial charge is 0.465 e. The third kappa shape index (κ3) is 4.18. The maximum Gasteiger partial charge on any atom is 0.337 e. The molecule has 0 unspecified atom stereocenters. The maximum atomic E-state index is 11.6. The summed E-state index contributed by atoms with van der Waals surface area (Å²) >= 11 is 0. The van der Waals surface area contributed by atoms with Crippen LogP contribution >= 0.6 is 0 Å². The molecule has 3 rings (SSSR count). The first-order chi connectivity index (χ1) is 11.7. The number of benzene rings is 1. The predicted molar refractivity (Wildman–Crippen MR) is 91.4 cm³/mol. The lowest BCUT2D eigenvalue weighted by Crippen LogP contribution is -2.23. The van der Waals surface area contributed by atoms with Crippen molar-refractivity contribution in [1.29, 1.82) is 0 Å². The number of carbonyl (C=O) groups is 1. The van der Waals surface area contributed by atoms with Gasteiger partial charge in [-0.1, -0.05) is 25.3 Å². The van der Waals surface area contributed by atoms with Crippen molar-refractivity contribution in [2.45, 2.75) is 38.1 Å². The molecule has 1 fully saturated rings. The van der Waals surface area contributed by atoms with Gasteiger partial charge in [0, 0.05) is 11.7 Å². The number of rotatable bonds is 5. The standard InChI is InChI=1S/C17H21N5O2/c1-24-16(23)12-6-5-9-14(10-12)20-17-21-15(11-18-22-17)19-13-7-3-2-4-8-13/h5-6,9-11,13H,2-4,7-8H2,1H3,(H2,19,20,21,22). The molecule has 0 atom stereocenters. The fourth-order valence-electron chi connectivity index (χ4n) is 2.85. The van der Waals surface area contributed by atoms with Crippen molar-refractivity contribution in [2.24, 2.45) is 0 Å². The number of carbonyl (C=O) groups excluding carboxylic acids is 1. The Labute approximate surface area is 140 Å². The van der Waals surface area contributed by atoms with E-state index >= 15 is 0 Å². The smallest absolute Gasteiger partial charge is 0.337 e. The van der Waals surface area contributed by atoms with Gasteiger partial charge in [-0.25, -0.2) is 4.79 Å². The molecule has 126 valence electrons. The number of hydrogen-bond donors (Lipinski definition) is 2. The third-order valence-electron chi connectivity index (χ3n) is 4.06. The zero-order valence-corrected chi connectivity index (χ0v) is 13.7. The van der Waals surface area contributed by atoms with Gasteiger partial charge < -0.3 is 15.4 Å². The van der Waals surface area contributed by atoms with E-state index in [0.29, 0.717) is 29.1 Å². The van der Waals surface area contributed by atoms with Crippen LogP contribution in [0.25, 0.3) is 0 Å². The highest BCUT2D eigenvalue weighted by atomic mass is 16.5. The molecule has 1 aromatic carbocycles. The molecule has 0 aliphatic heterocycles. The van der Waals surface area contributed by atoms with Crippen LogP contribution < -0.4 is 10.6 Å². The lowest BCUT2D eigenvalue weighted by Gasteiger charge is -2.23. The Bertz CT molecular complexity index is 701. The highest BCUT2D eigenvalue weighted by Crippen LogP contribution is 2.21. The average molecular weight is 327 g/mol. The summed E-state index contributed by atoms with van der Waals surface area (Å²) in [5.74, 6) is 0.715. The molecule has 0 saturated heterocycles. The van der Waals surface area contributed by atoms with Gasteiger partial charge in [0.05, 0.1) is 18.9 Å². The Hall–Kier alpha value is -2.70. The topological polar surface area (TPSA) is 89.0 Å². The summed E-state index contributed by atoms with van der Waals surface area (Å²) in [6.07, 6.45) is 7.76. The molecule has 1 heterocycles. The molecule has 0 spiro atoms. The Balaban J connectivity index is 1.69. The van der Waals surface area contributed by atoms with Crippen LogP contribution in [0.2, 0.25) is 0 Å². The summed E-state index contributed by atoms with van der Waals surface area (Å²) in [7, 11) is 1.36. The van der Waals surface area contributed by atoms with E-state index in [1.54, 1.807) is 24.4 Å². The Morgan fingerprint density at radius 2 is 2.08 bits per heavy atom. The normalized spacial score (nSPS) is 14.9. The second-order valence-corrected chi connectivity index (χ2v) is 5.84. The first-order valence-corrected chi connectivity index (χ1v) is 8.16. The Morgan fingerprint density at radius 3 is 2.88 bits per heavy atom. The quantitative estimate of drug-likeness (QED) is 0.815. The van der Waals surface area contributed by atoms with Gasteiger partial charge in [-0.05, 0) is 31.0 Å². The second-order valence-electron chi connectivity index (χ2n) is 5.84. The predicted octanol–water partition coefficient (Wildman–Crippen LogP) is 3.15. The number of methoxy groups -OCH3 is 1. The van der Waals surface area contributed by atoms with E-state index in [9.17, 15) is 4.79 Å². The van der Waals surface area contributed by atoms with Gasteiger partial charge in [-0.2, -0.15) is 10.1 Å². The molecule has 1 aliphatic rings. The van der Waals surface area contributed by atoms with Crippen LogP contribution in [0, 0.1) is 0 Å². The van der Waals surface area contributed by atoms with Gasteiger partial charge in [0.1, 0.15) is 0 Å². The van der Waals surface area contributed by atoms with E-state index in [4.69, 9.17) is 4.74 Å². The average Bonchev–Trinajstić information content (AvgIpc) is 2.62. The second kappa shape index (κ2) is 7.72. The molecule has 0 bridgehead atoms. The minimum Gasteiger partial charge on any atom is -0.465 e. The van der Waals surface area contributed by atoms with Gasteiger partial charge >= 0.3 is 5.97 Å². The molecule has 7 heteroatoms. The molecule has 0 amide bonds. The molecule has 2 N–H and O–H groups in total. The van der Waals surface area contributed by atoms with E-state index in [0.717, 1.165) is 12.8 Å². The monoisotopic (exact) mass is 327 g/mol. The van der Waals surface area contributed by atoms with Crippen LogP contribution in [0.4, 0.5) is 17.5 Å². The minimum absolute atomic E-state index is 0.384. The minimum atomic E-state index is -0.384. The summed E-state index contributed by atoms with van der Waals surface area (Å²) in [5, 5.41) is 14.5. The molecule has 2 aromatic rings. The van der Waals surface area contributed by atoms with E-state index in [-0.39, 0.29) is 5.97 Å². The molecule has 1 aromatic heterocycles. The van der Waals surface area contributed by atoms with Crippen molar-refractivity contribution in [2.75, 3.05) is 17.7 Å². The number of hydrogen-bond acceptors (Lipinski definition) is 7. The fraction of sp³-hybridized carbons (Fsp3) is 0.412. The maximum absolute atomic E-state index is 11.6. The summed E-state index contributed by atoms with van der Waals surface area (Å²) < 4.78 is 4.72. The number of ether oxygens (including phenoxy) is 1. The summed E-state index contributed by atoms with van der Waals surface area (Å²) in [4.78, 5) is 16.0. The van der Waals surface area contributed by atoms with Crippen molar-refractivity contribution in [1.82, 2.24) is 15.2 Å². The number of esters is 1. The zero-order valence-electron chi connectivity index (χ0n) is 13.7. The van der Waals surface area contributed by atoms with Crippen LogP contribution in [-0.4, -0.2) is 34.3 Å². The van der Waals surface area contributed by atoms with Gasteiger partial charge in [0.25, 0.3) is 0 Å². The van der Waals surface area contributed by atoms with Crippen molar-refractivity contribution >= 4 is 23.4 Å². The molecule has 0 radical (unpaired) electrons. The van der Waals surface area contributed by atoms with E-state index < -0.39 is 0 Å². The van der Waals surface area contributed by atoms with Crippen LogP contribution in [-0.2, 0) is 4.74 Å². The van der Waals surface area contributed by atoms with Gasteiger partial charge in [0.15, 0.2) is 5.82 Å². The van der Waals surface area contributed by atoms with E-state index in [1.165, 1.54) is 26.4 Å². The summed E-state index contributed by atoms with van der Waals surface area (Å²) in [6, 6.07) is 7.43. The lowest BCUT2D eigenvalue weighted by molar-refractivity contribution is 0.0601. The van der Waals surface area contributed by atoms with E-state index in [2.05, 4.69) is 25.8 Å². The van der Waals surface area contributed by atoms with Gasteiger partial charge in [-0.15, -0.1) is 5.10 Å². The molecule has 24 heavy (non-hydrogen) atoms. The SMILES string of the molecule is COC(=O)c1cccc(Nc2nncc(NC3CCCCC3)n2)c1. The first-order valence-electron chi connectivity index (χ1n) is 8.16. The third-order valence-corrected chi connectivity index (χ3v) is 4.06. The highest BCUT2D eigenvalue weighted by molar-refractivity contribution is 5.90. The van der Waals surface area contributed by atoms with Crippen LogP contribution in [0.5, 0.6) is 0 Å². The number of anilines is 3. The van der Waals surface area contributed by atoms with Gasteiger partial charge in [-0.3, -0.25) is 0 Å². The van der Waals surface area contributed by atoms with Crippen LogP contribution in [0.1, 0.15) is 42.5 Å². The summed E-state index contributed by atoms with van der Waals surface area (Å²) in [5.41, 5.74) is 1.17. The molecular weight excluding hydrogens is 306 g/mol. The van der Waals surface area contributed by atoms with Crippen molar-refractivity contribution in [3.8, 4) is 0 Å². The fourth-order valence-corrected chi connectivity index (χ4v) is 2.85. The van der Waals surface area contributed by atoms with Crippen molar-refractivity contribution in [3.63, 3.8) is 0 Å². The zero-order chi connectivity index (χ0) is 16.8. The summed E-state index contributed by atoms with van der Waals surface area (Å²) in [6.45, 7) is 0. The molecular formula is C17H21N5O2. The number of aromatic nitrogens is 3. The lowest BCUT2D eigenvalue weighted by atomic mass is 9.96. The molecule has 1 aliphatic carbocycles. The number of nitrogens with zero attached hydrogens (tertiary/aromatic N) is 3. The Morgan fingerprint density at radius 1 is 1.25 bits per heavy atom. The van der Waals surface area contributed by atoms with Crippen molar-refractivity contribution in [3.05, 3.63) is 36.0 Å². The molecule has 7 nitrogen and oxygen atoms in total. The van der Waals surface area contributed by atoms with Crippen molar-refractivity contribution < 1.29 is 9.53 Å². The van der Waals surface area contributed by atoms with Crippen LogP contribution in [0.15, 0.2) is 30.5 Å². The molecule has 1 saturated carbocycles. The highest BCUT2D eigenvalue weighted by Gasteiger charge is 2.14.